The summed E-state index contributed by atoms with van der Waals surface area (Å²) in [5.74, 6) is 0. The number of sulfone groups is 2. The Kier molecular flexibility index (Phi) is 5.64. The van der Waals surface area contributed by atoms with Gasteiger partial charge in [-0.25, -0.2) is 16.8 Å². The van der Waals surface area contributed by atoms with Crippen LogP contribution >= 0.6 is 23.2 Å². The predicted molar refractivity (Wildman–Crippen MR) is 138 cm³/mol. The van der Waals surface area contributed by atoms with E-state index in [4.69, 9.17) is 23.2 Å². The van der Waals surface area contributed by atoms with E-state index in [2.05, 4.69) is 0 Å². The maximum Gasteiger partial charge on any atom is 0.206 e. The molecule has 1 aliphatic carbocycles. The number of fused-ring (bicyclic) bond motifs is 3. The van der Waals surface area contributed by atoms with Crippen molar-refractivity contribution in [3.63, 3.8) is 0 Å². The van der Waals surface area contributed by atoms with Gasteiger partial charge in [0.2, 0.25) is 19.7 Å². The summed E-state index contributed by atoms with van der Waals surface area (Å²) < 4.78 is 53.1. The first kappa shape index (κ1) is 24.1. The van der Waals surface area contributed by atoms with Crippen LogP contribution in [0.2, 0.25) is 10.0 Å². The van der Waals surface area contributed by atoms with Crippen LogP contribution in [0.15, 0.2) is 105 Å². The second-order valence-corrected chi connectivity index (χ2v) is 13.7. The summed E-state index contributed by atoms with van der Waals surface area (Å²) in [6, 6.07) is 22.3. The Balaban J connectivity index is 1.60. The first-order valence-corrected chi connectivity index (χ1v) is 14.5. The van der Waals surface area contributed by atoms with Gasteiger partial charge in [0, 0.05) is 15.5 Å². The third kappa shape index (κ3) is 3.89. The van der Waals surface area contributed by atoms with E-state index in [-0.39, 0.29) is 19.6 Å². The van der Waals surface area contributed by atoms with Gasteiger partial charge in [-0.1, -0.05) is 49.2 Å². The highest BCUT2D eigenvalue weighted by atomic mass is 35.5. The molecule has 35 heavy (non-hydrogen) atoms. The van der Waals surface area contributed by atoms with Crippen LogP contribution in [0.5, 0.6) is 0 Å². The van der Waals surface area contributed by atoms with E-state index in [0.29, 0.717) is 10.0 Å². The van der Waals surface area contributed by atoms with Crippen molar-refractivity contribution in [2.75, 3.05) is 0 Å². The highest BCUT2D eigenvalue weighted by Crippen LogP contribution is 2.50. The fourth-order valence-corrected chi connectivity index (χ4v) is 7.36. The fraction of sp³-hybridized carbons (Fsp3) is 0.111. The maximum atomic E-state index is 13.3. The van der Waals surface area contributed by atoms with Crippen molar-refractivity contribution in [1.82, 2.24) is 0 Å². The summed E-state index contributed by atoms with van der Waals surface area (Å²) in [4.78, 5) is 0.667. The molecule has 0 aromatic heterocycles. The number of rotatable bonds is 4. The number of benzene rings is 4. The SMILES string of the molecule is CC1(C)c2cc(S(=O)(=O)c3ccc(Cl)cc3)ccc2-c2ccc(S(=O)(=O)c3ccc(Cl)cc3)cc21. The third-order valence-corrected chi connectivity index (χ3v) is 10.5. The molecule has 4 nitrogen and oxygen atoms in total. The van der Waals surface area contributed by atoms with Crippen LogP contribution in [-0.2, 0) is 25.1 Å². The maximum absolute atomic E-state index is 13.3. The summed E-state index contributed by atoms with van der Waals surface area (Å²) in [5.41, 5.74) is 2.81. The van der Waals surface area contributed by atoms with Gasteiger partial charge in [-0.2, -0.15) is 0 Å². The van der Waals surface area contributed by atoms with Crippen molar-refractivity contribution >= 4 is 42.9 Å². The lowest BCUT2D eigenvalue weighted by atomic mass is 9.82. The topological polar surface area (TPSA) is 68.3 Å². The molecule has 8 heteroatoms. The van der Waals surface area contributed by atoms with Crippen molar-refractivity contribution < 1.29 is 16.8 Å². The summed E-state index contributed by atoms with van der Waals surface area (Å²) in [5, 5.41) is 0.915. The zero-order chi connectivity index (χ0) is 25.2. The van der Waals surface area contributed by atoms with Gasteiger partial charge in [0.25, 0.3) is 0 Å². The first-order chi connectivity index (χ1) is 16.4. The molecule has 0 fully saturated rings. The molecule has 0 radical (unpaired) electrons. The molecule has 0 saturated heterocycles. The Labute approximate surface area is 215 Å². The largest absolute Gasteiger partial charge is 0.219 e. The molecule has 0 aliphatic heterocycles. The van der Waals surface area contributed by atoms with Crippen molar-refractivity contribution in [1.29, 1.82) is 0 Å². The average Bonchev–Trinajstić information content (AvgIpc) is 3.06. The minimum atomic E-state index is -3.75. The second kappa shape index (κ2) is 8.20. The van der Waals surface area contributed by atoms with Crippen molar-refractivity contribution in [3.05, 3.63) is 106 Å². The Morgan fingerprint density at radius 3 is 1.17 bits per heavy atom. The van der Waals surface area contributed by atoms with Crippen LogP contribution in [0.3, 0.4) is 0 Å². The summed E-state index contributed by atoms with van der Waals surface area (Å²) >= 11 is 11.8. The summed E-state index contributed by atoms with van der Waals surface area (Å²) in [6.45, 7) is 3.93. The quantitative estimate of drug-likeness (QED) is 0.279. The van der Waals surface area contributed by atoms with E-state index in [1.165, 1.54) is 24.3 Å². The molecule has 4 aromatic rings. The van der Waals surface area contributed by atoms with Crippen molar-refractivity contribution in [2.24, 2.45) is 0 Å². The van der Waals surface area contributed by atoms with Gasteiger partial charge >= 0.3 is 0 Å². The van der Waals surface area contributed by atoms with Crippen molar-refractivity contribution in [2.45, 2.75) is 38.8 Å². The zero-order valence-electron chi connectivity index (χ0n) is 18.8. The van der Waals surface area contributed by atoms with Crippen molar-refractivity contribution in [3.8, 4) is 11.1 Å². The normalized spacial score (nSPS) is 14.4. The Morgan fingerprint density at radius 2 is 0.829 bits per heavy atom. The summed E-state index contributed by atoms with van der Waals surface area (Å²) in [7, 11) is -7.50. The van der Waals surface area contributed by atoms with E-state index >= 15 is 0 Å². The van der Waals surface area contributed by atoms with Crippen LogP contribution in [0.25, 0.3) is 11.1 Å². The molecule has 0 N–H and O–H groups in total. The van der Waals surface area contributed by atoms with Crippen LogP contribution in [-0.4, -0.2) is 16.8 Å². The van der Waals surface area contributed by atoms with E-state index in [0.717, 1.165) is 22.3 Å². The first-order valence-electron chi connectivity index (χ1n) is 10.7. The number of hydrogen-bond acceptors (Lipinski definition) is 4. The molecule has 0 heterocycles. The lowest BCUT2D eigenvalue weighted by Gasteiger charge is -2.22. The van der Waals surface area contributed by atoms with Gasteiger partial charge in [-0.05, 0) is 95.1 Å². The van der Waals surface area contributed by atoms with Crippen LogP contribution in [0.4, 0.5) is 0 Å². The van der Waals surface area contributed by atoms with Gasteiger partial charge in [0.1, 0.15) is 0 Å². The van der Waals surface area contributed by atoms with Gasteiger partial charge in [0.05, 0.1) is 19.6 Å². The van der Waals surface area contributed by atoms with Gasteiger partial charge in [-0.15, -0.1) is 0 Å². The van der Waals surface area contributed by atoms with Crippen LogP contribution in [0.1, 0.15) is 25.0 Å². The molecular weight excluding hydrogens is 523 g/mol. The molecule has 0 saturated carbocycles. The molecule has 178 valence electrons. The smallest absolute Gasteiger partial charge is 0.206 e. The molecule has 0 atom stereocenters. The lowest BCUT2D eigenvalue weighted by molar-refractivity contribution is 0.594. The molecule has 0 bridgehead atoms. The van der Waals surface area contributed by atoms with E-state index in [1.807, 2.05) is 13.8 Å². The Morgan fingerprint density at radius 1 is 0.514 bits per heavy atom. The standard InChI is InChI=1S/C27H20Cl2O4S2/c1-27(2)25-15-21(34(30,31)19-7-3-17(28)4-8-19)11-13-23(25)24-14-12-22(16-26(24)27)35(32,33)20-9-5-18(29)6-10-20/h3-16H,1-2H3. The van der Waals surface area contributed by atoms with Gasteiger partial charge in [-0.3, -0.25) is 0 Å². The van der Waals surface area contributed by atoms with Crippen LogP contribution in [0, 0.1) is 0 Å². The van der Waals surface area contributed by atoms with E-state index in [9.17, 15) is 16.8 Å². The highest BCUT2D eigenvalue weighted by Gasteiger charge is 2.37. The minimum Gasteiger partial charge on any atom is -0.219 e. The third-order valence-electron chi connectivity index (χ3n) is 6.49. The Hall–Kier alpha value is -2.64. The zero-order valence-corrected chi connectivity index (χ0v) is 21.9. The van der Waals surface area contributed by atoms with E-state index < -0.39 is 25.1 Å². The summed E-state index contributed by atoms with van der Waals surface area (Å²) in [6.07, 6.45) is 0. The van der Waals surface area contributed by atoms with Gasteiger partial charge in [0.15, 0.2) is 0 Å². The van der Waals surface area contributed by atoms with E-state index in [1.54, 1.807) is 60.7 Å². The van der Waals surface area contributed by atoms with Crippen LogP contribution < -0.4 is 0 Å². The molecule has 4 aromatic carbocycles. The fourth-order valence-electron chi connectivity index (χ4n) is 4.53. The Bertz CT molecular complexity index is 1560. The second-order valence-electron chi connectivity index (χ2n) is 8.95. The molecular formula is C27H20Cl2O4S2. The molecule has 1 aliphatic rings. The number of hydrogen-bond donors (Lipinski definition) is 0. The number of halogens is 2. The molecule has 5 rings (SSSR count). The molecule has 0 spiro atoms. The molecule has 0 unspecified atom stereocenters. The highest BCUT2D eigenvalue weighted by molar-refractivity contribution is 7.91. The predicted octanol–water partition coefficient (Wildman–Crippen LogP) is 6.97. The minimum absolute atomic E-state index is 0.159. The van der Waals surface area contributed by atoms with Gasteiger partial charge < -0.3 is 0 Å². The average molecular weight is 543 g/mol. The molecule has 0 amide bonds. The lowest BCUT2D eigenvalue weighted by Crippen LogP contribution is -2.16. The monoisotopic (exact) mass is 542 g/mol.